The van der Waals surface area contributed by atoms with Crippen LogP contribution in [0.3, 0.4) is 0 Å². The number of nitro groups is 1. The fourth-order valence-corrected chi connectivity index (χ4v) is 4.10. The van der Waals surface area contributed by atoms with E-state index in [0.717, 1.165) is 16.0 Å². The Hall–Kier alpha value is -3.56. The second kappa shape index (κ2) is 8.66. The molecule has 2 heterocycles. The number of hydrogen-bond acceptors (Lipinski definition) is 6. The highest BCUT2D eigenvalue weighted by molar-refractivity contribution is 7.15. The van der Waals surface area contributed by atoms with E-state index in [1.54, 1.807) is 12.4 Å². The first-order chi connectivity index (χ1) is 14.9. The van der Waals surface area contributed by atoms with Gasteiger partial charge in [-0.15, -0.1) is 11.3 Å². The van der Waals surface area contributed by atoms with Gasteiger partial charge in [0.05, 0.1) is 11.3 Å². The van der Waals surface area contributed by atoms with Crippen molar-refractivity contribution in [2.75, 3.05) is 5.32 Å². The van der Waals surface area contributed by atoms with Crippen molar-refractivity contribution in [1.29, 1.82) is 0 Å². The average molecular weight is 454 g/mol. The molecule has 0 atom stereocenters. The summed E-state index contributed by atoms with van der Waals surface area (Å²) in [5.41, 5.74) is 2.27. The van der Waals surface area contributed by atoms with Crippen LogP contribution in [-0.2, 0) is 6.42 Å². The molecule has 156 valence electrons. The minimum absolute atomic E-state index is 0.161. The highest BCUT2D eigenvalue weighted by Crippen LogP contribution is 2.28. The first kappa shape index (κ1) is 20.7. The number of benzene rings is 2. The predicted molar refractivity (Wildman–Crippen MR) is 119 cm³/mol. The van der Waals surface area contributed by atoms with Crippen LogP contribution in [0.25, 0.3) is 5.69 Å². The van der Waals surface area contributed by atoms with Crippen molar-refractivity contribution in [3.05, 3.63) is 98.0 Å². The number of aromatic nitrogens is 3. The van der Waals surface area contributed by atoms with Crippen molar-refractivity contribution < 1.29 is 9.72 Å². The fraction of sp³-hybridized carbons (Fsp3) is 0.0952. The topological polar surface area (TPSA) is 103 Å². The number of carbonyl (C=O) groups is 1. The van der Waals surface area contributed by atoms with Crippen molar-refractivity contribution in [1.82, 2.24) is 14.5 Å². The number of imidazole rings is 1. The Bertz CT molecular complexity index is 1270. The minimum atomic E-state index is -0.529. The van der Waals surface area contributed by atoms with Crippen LogP contribution in [0.15, 0.2) is 61.3 Å². The van der Waals surface area contributed by atoms with Crippen LogP contribution < -0.4 is 5.32 Å². The highest BCUT2D eigenvalue weighted by atomic mass is 35.5. The lowest BCUT2D eigenvalue weighted by Crippen LogP contribution is -2.12. The summed E-state index contributed by atoms with van der Waals surface area (Å²) < 4.78 is 1.52. The van der Waals surface area contributed by atoms with Crippen LogP contribution >= 0.6 is 22.9 Å². The summed E-state index contributed by atoms with van der Waals surface area (Å²) in [5, 5.41) is 15.3. The molecule has 1 N–H and O–H groups in total. The maximum absolute atomic E-state index is 12.6. The van der Waals surface area contributed by atoms with Gasteiger partial charge in [-0.2, -0.15) is 0 Å². The van der Waals surface area contributed by atoms with Crippen LogP contribution in [0.4, 0.5) is 10.8 Å². The molecule has 0 aliphatic heterocycles. The van der Waals surface area contributed by atoms with Gasteiger partial charge in [0.2, 0.25) is 0 Å². The maximum Gasteiger partial charge on any atom is 0.294 e. The molecule has 0 saturated carbocycles. The molecular weight excluding hydrogens is 438 g/mol. The van der Waals surface area contributed by atoms with Crippen LogP contribution in [0.5, 0.6) is 0 Å². The molecule has 0 radical (unpaired) electrons. The number of hydrogen-bond donors (Lipinski definition) is 1. The molecule has 0 spiro atoms. The smallest absolute Gasteiger partial charge is 0.294 e. The first-order valence-corrected chi connectivity index (χ1v) is 10.4. The standard InChI is InChI=1S/C21H16ClN5O3S/c1-13-3-2-4-14(19(13)22)9-16-11-24-21(31-16)25-20(28)15-5-6-17(18(10-15)27(29)30)26-8-7-23-12-26/h2-8,10-12H,9H2,1H3,(H,24,25,28). The molecule has 0 aliphatic rings. The minimum Gasteiger partial charge on any atom is -0.300 e. The Morgan fingerprint density at radius 3 is 2.90 bits per heavy atom. The van der Waals surface area contributed by atoms with Gasteiger partial charge in [-0.1, -0.05) is 29.8 Å². The van der Waals surface area contributed by atoms with Gasteiger partial charge in [-0.3, -0.25) is 20.2 Å². The number of rotatable bonds is 6. The second-order valence-electron chi connectivity index (χ2n) is 6.74. The highest BCUT2D eigenvalue weighted by Gasteiger charge is 2.19. The third-order valence-corrected chi connectivity index (χ3v) is 6.08. The third-order valence-electron chi connectivity index (χ3n) is 4.63. The van der Waals surface area contributed by atoms with Crippen molar-refractivity contribution in [3.63, 3.8) is 0 Å². The Morgan fingerprint density at radius 1 is 1.32 bits per heavy atom. The molecule has 8 nitrogen and oxygen atoms in total. The molecule has 2 aromatic carbocycles. The number of nitrogens with zero attached hydrogens (tertiary/aromatic N) is 4. The quantitative estimate of drug-likeness (QED) is 0.325. The molecule has 0 aliphatic carbocycles. The third kappa shape index (κ3) is 4.47. The molecule has 31 heavy (non-hydrogen) atoms. The fourth-order valence-electron chi connectivity index (χ4n) is 3.08. The number of nitrogens with one attached hydrogen (secondary N) is 1. The number of anilines is 1. The van der Waals surface area contributed by atoms with Gasteiger partial charge >= 0.3 is 0 Å². The van der Waals surface area contributed by atoms with Gasteiger partial charge < -0.3 is 4.57 Å². The molecule has 4 rings (SSSR count). The normalized spacial score (nSPS) is 10.8. The lowest BCUT2D eigenvalue weighted by Gasteiger charge is -2.06. The molecule has 0 fully saturated rings. The summed E-state index contributed by atoms with van der Waals surface area (Å²) in [6.07, 6.45) is 6.86. The maximum atomic E-state index is 12.6. The average Bonchev–Trinajstić information content (AvgIpc) is 3.43. The van der Waals surface area contributed by atoms with Crippen LogP contribution in [0.1, 0.15) is 26.4 Å². The summed E-state index contributed by atoms with van der Waals surface area (Å²) >= 11 is 7.69. The Balaban J connectivity index is 1.52. The van der Waals surface area contributed by atoms with Gasteiger partial charge in [0.15, 0.2) is 5.13 Å². The SMILES string of the molecule is Cc1cccc(Cc2cnc(NC(=O)c3ccc(-n4ccnc4)c([N+](=O)[O-])c3)s2)c1Cl. The lowest BCUT2D eigenvalue weighted by atomic mass is 10.1. The second-order valence-corrected chi connectivity index (χ2v) is 8.23. The van der Waals surface area contributed by atoms with E-state index in [-0.39, 0.29) is 11.3 Å². The first-order valence-electron chi connectivity index (χ1n) is 9.19. The predicted octanol–water partition coefficient (Wildman–Crippen LogP) is 5.04. The number of amides is 1. The van der Waals surface area contributed by atoms with E-state index in [0.29, 0.717) is 22.3 Å². The summed E-state index contributed by atoms with van der Waals surface area (Å²) in [6, 6.07) is 10.1. The summed E-state index contributed by atoms with van der Waals surface area (Å²) in [5.74, 6) is -0.477. The zero-order chi connectivity index (χ0) is 22.0. The molecule has 4 aromatic rings. The van der Waals surface area contributed by atoms with Gasteiger partial charge in [-0.05, 0) is 30.2 Å². The zero-order valence-electron chi connectivity index (χ0n) is 16.3. The Morgan fingerprint density at radius 2 is 2.16 bits per heavy atom. The summed E-state index contributed by atoms with van der Waals surface area (Å²) in [4.78, 5) is 32.7. The van der Waals surface area contributed by atoms with E-state index >= 15 is 0 Å². The Kier molecular flexibility index (Phi) is 5.79. The van der Waals surface area contributed by atoms with Crippen LogP contribution in [0, 0.1) is 17.0 Å². The monoisotopic (exact) mass is 453 g/mol. The molecular formula is C21H16ClN5O3S. The van der Waals surface area contributed by atoms with E-state index in [1.165, 1.54) is 46.6 Å². The van der Waals surface area contributed by atoms with Crippen molar-refractivity contribution in [2.24, 2.45) is 0 Å². The largest absolute Gasteiger partial charge is 0.300 e. The number of carbonyl (C=O) groups excluding carboxylic acids is 1. The van der Waals surface area contributed by atoms with E-state index in [2.05, 4.69) is 15.3 Å². The number of aryl methyl sites for hydroxylation is 1. The van der Waals surface area contributed by atoms with Crippen molar-refractivity contribution in [2.45, 2.75) is 13.3 Å². The van der Waals surface area contributed by atoms with Crippen molar-refractivity contribution >= 4 is 39.7 Å². The summed E-state index contributed by atoms with van der Waals surface area (Å²) in [6.45, 7) is 1.95. The van der Waals surface area contributed by atoms with E-state index < -0.39 is 10.8 Å². The summed E-state index contributed by atoms with van der Waals surface area (Å²) in [7, 11) is 0. The molecule has 0 saturated heterocycles. The number of thiazole rings is 1. The molecule has 0 unspecified atom stereocenters. The number of halogens is 1. The molecule has 10 heteroatoms. The molecule has 0 bridgehead atoms. The van der Waals surface area contributed by atoms with E-state index in [1.807, 2.05) is 25.1 Å². The van der Waals surface area contributed by atoms with Crippen LogP contribution in [-0.4, -0.2) is 25.4 Å². The van der Waals surface area contributed by atoms with E-state index in [9.17, 15) is 14.9 Å². The zero-order valence-corrected chi connectivity index (χ0v) is 17.9. The van der Waals surface area contributed by atoms with E-state index in [4.69, 9.17) is 11.6 Å². The van der Waals surface area contributed by atoms with Gasteiger partial charge in [-0.25, -0.2) is 9.97 Å². The number of nitro benzene ring substituents is 1. The van der Waals surface area contributed by atoms with Crippen molar-refractivity contribution in [3.8, 4) is 5.69 Å². The molecule has 1 amide bonds. The Labute approximate surface area is 186 Å². The van der Waals surface area contributed by atoms with Crippen LogP contribution in [0.2, 0.25) is 5.02 Å². The molecule has 2 aromatic heterocycles. The van der Waals surface area contributed by atoms with Gasteiger partial charge in [0, 0.05) is 46.5 Å². The lowest BCUT2D eigenvalue weighted by molar-refractivity contribution is -0.384. The van der Waals surface area contributed by atoms with Gasteiger partial charge in [0.25, 0.3) is 11.6 Å². The van der Waals surface area contributed by atoms with Gasteiger partial charge in [0.1, 0.15) is 5.69 Å².